The highest BCUT2D eigenvalue weighted by Crippen LogP contribution is 2.29. The van der Waals surface area contributed by atoms with Gasteiger partial charge in [-0.15, -0.1) is 0 Å². The van der Waals surface area contributed by atoms with Crippen molar-refractivity contribution in [3.63, 3.8) is 0 Å². The average Bonchev–Trinajstić information content (AvgIpc) is 2.15. The molecule has 3 heteroatoms. The Labute approximate surface area is 93.3 Å². The zero-order valence-corrected chi connectivity index (χ0v) is 9.92. The molecule has 78 valence electrons. The molecule has 0 fully saturated rings. The Kier molecular flexibility index (Phi) is 4.11. The van der Waals surface area contributed by atoms with E-state index >= 15 is 0 Å². The fraction of sp³-hybridized carbons (Fsp3) is 0.455. The van der Waals surface area contributed by atoms with Crippen molar-refractivity contribution >= 4 is 15.9 Å². The van der Waals surface area contributed by atoms with Crippen molar-refractivity contribution in [3.8, 4) is 0 Å². The predicted molar refractivity (Wildman–Crippen MR) is 62.0 cm³/mol. The molecule has 1 aromatic carbocycles. The molecular formula is C11H16BrNO. The van der Waals surface area contributed by atoms with E-state index in [9.17, 15) is 0 Å². The van der Waals surface area contributed by atoms with E-state index in [0.29, 0.717) is 0 Å². The van der Waals surface area contributed by atoms with Gasteiger partial charge in [-0.05, 0) is 31.4 Å². The Morgan fingerprint density at radius 1 is 1.43 bits per heavy atom. The first-order chi connectivity index (χ1) is 6.58. The van der Waals surface area contributed by atoms with Gasteiger partial charge in [0.15, 0.2) is 0 Å². The Balaban J connectivity index is 2.86. The van der Waals surface area contributed by atoms with Gasteiger partial charge in [-0.1, -0.05) is 34.1 Å². The maximum atomic E-state index is 8.78. The summed E-state index contributed by atoms with van der Waals surface area (Å²) in [5, 5.41) is 8.78. The van der Waals surface area contributed by atoms with Crippen LogP contribution in [-0.4, -0.2) is 11.7 Å². The second-order valence-electron chi connectivity index (χ2n) is 3.72. The van der Waals surface area contributed by atoms with Gasteiger partial charge in [0.2, 0.25) is 0 Å². The number of rotatable bonds is 4. The largest absolute Gasteiger partial charge is 0.396 e. The van der Waals surface area contributed by atoms with Crippen LogP contribution in [0.3, 0.4) is 0 Å². The highest BCUT2D eigenvalue weighted by atomic mass is 79.9. The lowest BCUT2D eigenvalue weighted by Gasteiger charge is -2.26. The molecule has 0 saturated carbocycles. The number of aliphatic hydroxyl groups is 1. The third-order valence-electron chi connectivity index (χ3n) is 2.34. The van der Waals surface area contributed by atoms with Crippen molar-refractivity contribution in [1.29, 1.82) is 0 Å². The van der Waals surface area contributed by atoms with E-state index in [2.05, 4.69) is 15.9 Å². The molecule has 0 saturated heterocycles. The van der Waals surface area contributed by atoms with Gasteiger partial charge in [0.1, 0.15) is 0 Å². The third kappa shape index (κ3) is 2.80. The minimum Gasteiger partial charge on any atom is -0.396 e. The lowest BCUT2D eigenvalue weighted by atomic mass is 9.89. The summed E-state index contributed by atoms with van der Waals surface area (Å²) in [6.45, 7) is 2.18. The molecule has 0 aliphatic carbocycles. The van der Waals surface area contributed by atoms with Crippen LogP contribution in [-0.2, 0) is 5.54 Å². The quantitative estimate of drug-likeness (QED) is 0.871. The number of hydrogen-bond acceptors (Lipinski definition) is 2. The van der Waals surface area contributed by atoms with Gasteiger partial charge in [-0.3, -0.25) is 0 Å². The summed E-state index contributed by atoms with van der Waals surface area (Å²) in [6, 6.07) is 7.95. The van der Waals surface area contributed by atoms with Gasteiger partial charge < -0.3 is 10.8 Å². The molecule has 0 radical (unpaired) electrons. The molecule has 0 amide bonds. The van der Waals surface area contributed by atoms with Crippen molar-refractivity contribution in [3.05, 3.63) is 34.3 Å². The van der Waals surface area contributed by atoms with Crippen LogP contribution in [0.1, 0.15) is 25.3 Å². The van der Waals surface area contributed by atoms with Crippen molar-refractivity contribution in [2.75, 3.05) is 6.61 Å². The maximum absolute atomic E-state index is 8.78. The molecule has 0 aromatic heterocycles. The highest BCUT2D eigenvalue weighted by molar-refractivity contribution is 9.10. The standard InChI is InChI=1S/C11H16BrNO/c1-11(13,7-4-8-14)9-5-2-3-6-10(9)12/h2-3,5-6,14H,4,7-8,13H2,1H3. The first-order valence-corrected chi connectivity index (χ1v) is 5.52. The predicted octanol–water partition coefficient (Wildman–Crippen LogP) is 2.40. The van der Waals surface area contributed by atoms with Crippen LogP contribution >= 0.6 is 15.9 Å². The Morgan fingerprint density at radius 3 is 2.64 bits per heavy atom. The maximum Gasteiger partial charge on any atom is 0.0431 e. The van der Waals surface area contributed by atoms with E-state index in [0.717, 1.165) is 22.9 Å². The second kappa shape index (κ2) is 4.91. The third-order valence-corrected chi connectivity index (χ3v) is 3.03. The first-order valence-electron chi connectivity index (χ1n) is 4.72. The SMILES string of the molecule is CC(N)(CCCO)c1ccccc1Br. The molecule has 1 aromatic rings. The minimum atomic E-state index is -0.372. The number of halogens is 1. The van der Waals surface area contributed by atoms with E-state index in [4.69, 9.17) is 10.8 Å². The number of nitrogens with two attached hydrogens (primary N) is 1. The van der Waals surface area contributed by atoms with Crippen LogP contribution in [0.15, 0.2) is 28.7 Å². The Morgan fingerprint density at radius 2 is 2.07 bits per heavy atom. The molecule has 0 heterocycles. The van der Waals surface area contributed by atoms with Gasteiger partial charge in [0.25, 0.3) is 0 Å². The molecular weight excluding hydrogens is 242 g/mol. The van der Waals surface area contributed by atoms with Crippen LogP contribution in [0.2, 0.25) is 0 Å². The molecule has 0 spiro atoms. The summed E-state index contributed by atoms with van der Waals surface area (Å²) in [4.78, 5) is 0. The van der Waals surface area contributed by atoms with Crippen LogP contribution in [0.4, 0.5) is 0 Å². The molecule has 3 N–H and O–H groups in total. The van der Waals surface area contributed by atoms with E-state index in [1.165, 1.54) is 0 Å². The second-order valence-corrected chi connectivity index (χ2v) is 4.58. The summed E-state index contributed by atoms with van der Waals surface area (Å²) in [6.07, 6.45) is 1.51. The lowest BCUT2D eigenvalue weighted by molar-refractivity contribution is 0.265. The average molecular weight is 258 g/mol. The minimum absolute atomic E-state index is 0.192. The van der Waals surface area contributed by atoms with Gasteiger partial charge in [0, 0.05) is 16.6 Å². The number of hydrogen-bond donors (Lipinski definition) is 2. The van der Waals surface area contributed by atoms with Gasteiger partial charge in [-0.25, -0.2) is 0 Å². The molecule has 0 aliphatic rings. The first kappa shape index (κ1) is 11.7. The van der Waals surface area contributed by atoms with E-state index in [-0.39, 0.29) is 12.1 Å². The fourth-order valence-electron chi connectivity index (χ4n) is 1.51. The van der Waals surface area contributed by atoms with Gasteiger partial charge in [-0.2, -0.15) is 0 Å². The summed E-state index contributed by atoms with van der Waals surface area (Å²) in [7, 11) is 0. The van der Waals surface area contributed by atoms with Gasteiger partial charge in [0.05, 0.1) is 0 Å². The van der Waals surface area contributed by atoms with Gasteiger partial charge >= 0.3 is 0 Å². The fourth-order valence-corrected chi connectivity index (χ4v) is 2.24. The summed E-state index contributed by atoms with van der Waals surface area (Å²) >= 11 is 3.48. The highest BCUT2D eigenvalue weighted by Gasteiger charge is 2.22. The topological polar surface area (TPSA) is 46.2 Å². The zero-order chi connectivity index (χ0) is 10.6. The van der Waals surface area contributed by atoms with Crippen LogP contribution in [0.5, 0.6) is 0 Å². The van der Waals surface area contributed by atoms with Crippen LogP contribution in [0, 0.1) is 0 Å². The molecule has 1 rings (SSSR count). The molecule has 2 nitrogen and oxygen atoms in total. The van der Waals surface area contributed by atoms with Crippen molar-refractivity contribution in [2.24, 2.45) is 5.73 Å². The Hall–Kier alpha value is -0.380. The van der Waals surface area contributed by atoms with E-state index in [1.54, 1.807) is 0 Å². The van der Waals surface area contributed by atoms with Crippen molar-refractivity contribution in [1.82, 2.24) is 0 Å². The normalized spacial score (nSPS) is 15.1. The summed E-state index contributed by atoms with van der Waals surface area (Å²) in [5.41, 5.74) is 6.90. The van der Waals surface area contributed by atoms with E-state index < -0.39 is 0 Å². The zero-order valence-electron chi connectivity index (χ0n) is 8.33. The van der Waals surface area contributed by atoms with Crippen molar-refractivity contribution < 1.29 is 5.11 Å². The summed E-state index contributed by atoms with van der Waals surface area (Å²) in [5.74, 6) is 0. The monoisotopic (exact) mass is 257 g/mol. The number of benzene rings is 1. The smallest absolute Gasteiger partial charge is 0.0431 e. The molecule has 1 atom stereocenters. The molecule has 1 unspecified atom stereocenters. The summed E-state index contributed by atoms with van der Waals surface area (Å²) < 4.78 is 1.03. The lowest BCUT2D eigenvalue weighted by Crippen LogP contribution is -2.33. The Bertz CT molecular complexity index is 299. The van der Waals surface area contributed by atoms with E-state index in [1.807, 2.05) is 31.2 Å². The molecule has 0 aliphatic heterocycles. The van der Waals surface area contributed by atoms with Crippen LogP contribution < -0.4 is 5.73 Å². The molecule has 0 bridgehead atoms. The number of aliphatic hydroxyl groups excluding tert-OH is 1. The van der Waals surface area contributed by atoms with Crippen LogP contribution in [0.25, 0.3) is 0 Å². The molecule has 14 heavy (non-hydrogen) atoms. The van der Waals surface area contributed by atoms with Crippen molar-refractivity contribution in [2.45, 2.75) is 25.3 Å².